The zero-order chi connectivity index (χ0) is 21.3. The van der Waals surface area contributed by atoms with Gasteiger partial charge in [-0.3, -0.25) is 0 Å². The Morgan fingerprint density at radius 2 is 1.77 bits per heavy atom. The maximum atomic E-state index is 13.5. The third-order valence-corrected chi connectivity index (χ3v) is 7.38. The number of benzene rings is 2. The highest BCUT2D eigenvalue weighted by Gasteiger charge is 2.33. The van der Waals surface area contributed by atoms with Gasteiger partial charge >= 0.3 is 0 Å². The van der Waals surface area contributed by atoms with Crippen molar-refractivity contribution >= 4 is 27.3 Å². The van der Waals surface area contributed by atoms with Crippen LogP contribution in [-0.2, 0) is 9.84 Å². The molecule has 1 aliphatic rings. The largest absolute Gasteiger partial charge is 0.497 e. The minimum atomic E-state index is -3.90. The lowest BCUT2D eigenvalue weighted by atomic mass is 9.99. The van der Waals surface area contributed by atoms with Crippen molar-refractivity contribution in [3.63, 3.8) is 0 Å². The maximum absolute atomic E-state index is 13.5. The van der Waals surface area contributed by atoms with Crippen molar-refractivity contribution < 1.29 is 17.6 Å². The van der Waals surface area contributed by atoms with Gasteiger partial charge in [-0.1, -0.05) is 30.7 Å². The summed E-state index contributed by atoms with van der Waals surface area (Å²) in [6.07, 6.45) is 1.92. The van der Waals surface area contributed by atoms with Crippen LogP contribution < -0.4 is 9.64 Å². The molecule has 0 saturated carbocycles. The molecule has 4 rings (SSSR count). The fourth-order valence-corrected chi connectivity index (χ4v) is 5.04. The van der Waals surface area contributed by atoms with Crippen LogP contribution in [0.5, 0.6) is 5.75 Å². The van der Waals surface area contributed by atoms with Crippen molar-refractivity contribution in [3.05, 3.63) is 53.6 Å². The summed E-state index contributed by atoms with van der Waals surface area (Å²) in [5.41, 5.74) is 0.557. The lowest BCUT2D eigenvalue weighted by Gasteiger charge is -2.30. The Balaban J connectivity index is 1.83. The highest BCUT2D eigenvalue weighted by Crippen LogP contribution is 2.38. The van der Waals surface area contributed by atoms with Gasteiger partial charge < -0.3 is 14.1 Å². The van der Waals surface area contributed by atoms with Gasteiger partial charge in [-0.25, -0.2) is 8.42 Å². The van der Waals surface area contributed by atoms with Gasteiger partial charge in [0.25, 0.3) is 0 Å². The number of nitrogens with zero attached hydrogens (tertiary/aromatic N) is 2. The van der Waals surface area contributed by atoms with E-state index in [1.165, 1.54) is 19.2 Å². The minimum Gasteiger partial charge on any atom is -0.497 e. The lowest BCUT2D eigenvalue weighted by Crippen LogP contribution is -2.33. The number of rotatable bonds is 5. The van der Waals surface area contributed by atoms with Crippen LogP contribution in [0.2, 0.25) is 5.02 Å². The summed E-state index contributed by atoms with van der Waals surface area (Å²) >= 11 is 6.31. The Labute approximate surface area is 181 Å². The predicted octanol–water partition coefficient (Wildman–Crippen LogP) is 5.07. The Morgan fingerprint density at radius 3 is 2.40 bits per heavy atom. The second-order valence-electron chi connectivity index (χ2n) is 7.46. The number of oxazole rings is 1. The molecule has 30 heavy (non-hydrogen) atoms. The summed E-state index contributed by atoms with van der Waals surface area (Å²) in [5, 5.41) is 0.364. The molecule has 2 aromatic carbocycles. The summed E-state index contributed by atoms with van der Waals surface area (Å²) in [7, 11) is -2.37. The van der Waals surface area contributed by atoms with E-state index in [2.05, 4.69) is 11.9 Å². The van der Waals surface area contributed by atoms with Gasteiger partial charge in [0.1, 0.15) is 5.75 Å². The molecule has 6 nitrogen and oxygen atoms in total. The van der Waals surface area contributed by atoms with Gasteiger partial charge in [0, 0.05) is 13.1 Å². The van der Waals surface area contributed by atoms with E-state index >= 15 is 0 Å². The van der Waals surface area contributed by atoms with Gasteiger partial charge in [-0.2, -0.15) is 4.98 Å². The van der Waals surface area contributed by atoms with Crippen molar-refractivity contribution in [2.75, 3.05) is 25.1 Å². The average molecular weight is 447 g/mol. The number of anilines is 1. The zero-order valence-corrected chi connectivity index (χ0v) is 18.4. The third kappa shape index (κ3) is 3.91. The van der Waals surface area contributed by atoms with Crippen LogP contribution >= 0.6 is 11.6 Å². The maximum Gasteiger partial charge on any atom is 0.236 e. The average Bonchev–Trinajstić information content (AvgIpc) is 3.21. The highest BCUT2D eigenvalue weighted by molar-refractivity contribution is 7.91. The second kappa shape index (κ2) is 8.32. The molecule has 1 aliphatic heterocycles. The van der Waals surface area contributed by atoms with Crippen LogP contribution in [0.25, 0.3) is 11.5 Å². The molecule has 0 aliphatic carbocycles. The number of sulfone groups is 1. The number of hydrogen-bond acceptors (Lipinski definition) is 6. The van der Waals surface area contributed by atoms with Gasteiger partial charge in [-0.05, 0) is 55.2 Å². The molecule has 8 heteroatoms. The molecule has 0 bridgehead atoms. The number of ether oxygens (including phenoxy) is 1. The minimum absolute atomic E-state index is 0.0860. The first-order valence-corrected chi connectivity index (χ1v) is 11.7. The fourth-order valence-electron chi connectivity index (χ4n) is 3.50. The molecular weight excluding hydrogens is 424 g/mol. The fraction of sp³-hybridized carbons (Fsp3) is 0.318. The molecule has 1 fully saturated rings. The van der Waals surface area contributed by atoms with E-state index in [9.17, 15) is 8.42 Å². The van der Waals surface area contributed by atoms with E-state index in [1.807, 2.05) is 11.0 Å². The molecule has 158 valence electrons. The number of hydrogen-bond donors (Lipinski definition) is 0. The summed E-state index contributed by atoms with van der Waals surface area (Å²) in [5.74, 6) is 1.64. The summed E-state index contributed by atoms with van der Waals surface area (Å²) in [6.45, 7) is 3.62. The standard InChI is InChI=1S/C22H23ClN2O4S/c1-15-11-13-25(14-12-15)22-21(24-20(29-22)18-5-3-4-6-19(18)23)30(26,27)17-9-7-16(28-2)8-10-17/h3-10,15H,11-14H2,1-2H3. The molecule has 1 aromatic heterocycles. The van der Waals surface area contributed by atoms with Gasteiger partial charge in [0.2, 0.25) is 26.6 Å². The summed E-state index contributed by atoms with van der Waals surface area (Å²) in [4.78, 5) is 6.51. The van der Waals surface area contributed by atoms with Gasteiger partial charge in [0.15, 0.2) is 0 Å². The first-order valence-electron chi connectivity index (χ1n) is 9.80. The van der Waals surface area contributed by atoms with Crippen LogP contribution in [0.15, 0.2) is 62.9 Å². The van der Waals surface area contributed by atoms with Crippen LogP contribution in [0, 0.1) is 5.92 Å². The van der Waals surface area contributed by atoms with Crippen LogP contribution in [-0.4, -0.2) is 33.6 Å². The van der Waals surface area contributed by atoms with E-state index in [4.69, 9.17) is 20.8 Å². The Bertz CT molecular complexity index is 1130. The van der Waals surface area contributed by atoms with Crippen LogP contribution in [0.4, 0.5) is 5.88 Å². The summed E-state index contributed by atoms with van der Waals surface area (Å²) in [6, 6.07) is 13.4. The smallest absolute Gasteiger partial charge is 0.236 e. The van der Waals surface area contributed by atoms with Gasteiger partial charge in [0.05, 0.1) is 22.6 Å². The van der Waals surface area contributed by atoms with E-state index in [0.29, 0.717) is 35.3 Å². The van der Waals surface area contributed by atoms with E-state index in [0.717, 1.165) is 12.8 Å². The predicted molar refractivity (Wildman–Crippen MR) is 116 cm³/mol. The van der Waals surface area contributed by atoms with Gasteiger partial charge in [-0.15, -0.1) is 0 Å². The van der Waals surface area contributed by atoms with Crippen molar-refractivity contribution in [2.45, 2.75) is 29.7 Å². The second-order valence-corrected chi connectivity index (χ2v) is 9.73. The Hall–Kier alpha value is -2.51. The molecule has 0 atom stereocenters. The molecule has 1 saturated heterocycles. The number of methoxy groups -OCH3 is 1. The normalized spacial score (nSPS) is 15.4. The monoisotopic (exact) mass is 446 g/mol. The third-order valence-electron chi connectivity index (χ3n) is 5.38. The van der Waals surface area contributed by atoms with Crippen molar-refractivity contribution in [2.24, 2.45) is 5.92 Å². The molecule has 0 spiro atoms. The van der Waals surface area contributed by atoms with Crippen LogP contribution in [0.1, 0.15) is 19.8 Å². The molecule has 0 radical (unpaired) electrons. The quantitative estimate of drug-likeness (QED) is 0.544. The molecule has 2 heterocycles. The number of aromatic nitrogens is 1. The van der Waals surface area contributed by atoms with Crippen molar-refractivity contribution in [1.29, 1.82) is 0 Å². The molecule has 0 N–H and O–H groups in total. The summed E-state index contributed by atoms with van der Waals surface area (Å²) < 4.78 is 38.1. The molecule has 0 unspecified atom stereocenters. The lowest BCUT2D eigenvalue weighted by molar-refractivity contribution is 0.414. The first-order chi connectivity index (χ1) is 14.4. The van der Waals surface area contributed by atoms with Crippen LogP contribution in [0.3, 0.4) is 0 Å². The Morgan fingerprint density at radius 1 is 1.10 bits per heavy atom. The zero-order valence-electron chi connectivity index (χ0n) is 16.8. The molecule has 3 aromatic rings. The number of halogens is 1. The topological polar surface area (TPSA) is 72.6 Å². The number of piperidine rings is 1. The van der Waals surface area contributed by atoms with E-state index in [-0.39, 0.29) is 21.7 Å². The highest BCUT2D eigenvalue weighted by atomic mass is 35.5. The van der Waals surface area contributed by atoms with E-state index < -0.39 is 9.84 Å². The Kier molecular flexibility index (Phi) is 5.75. The SMILES string of the molecule is COc1ccc(S(=O)(=O)c2nc(-c3ccccc3Cl)oc2N2CCC(C)CC2)cc1. The van der Waals surface area contributed by atoms with E-state index in [1.54, 1.807) is 30.3 Å². The first kappa shape index (κ1) is 20.8. The van der Waals surface area contributed by atoms with Crippen molar-refractivity contribution in [1.82, 2.24) is 4.98 Å². The molecular formula is C22H23ClN2O4S. The van der Waals surface area contributed by atoms with Crippen molar-refractivity contribution in [3.8, 4) is 17.2 Å². The molecule has 0 amide bonds.